The smallest absolute Gasteiger partial charge is 0.303 e. The molecule has 0 heterocycles. The van der Waals surface area contributed by atoms with Crippen LogP contribution in [0.5, 0.6) is 0 Å². The van der Waals surface area contributed by atoms with Crippen LogP contribution in [0.3, 0.4) is 0 Å². The fraction of sp³-hybridized carbons (Fsp3) is 0.588. The summed E-state index contributed by atoms with van der Waals surface area (Å²) < 4.78 is 5.29. The molecule has 0 aliphatic heterocycles. The summed E-state index contributed by atoms with van der Waals surface area (Å²) in [5.41, 5.74) is 2.33. The highest BCUT2D eigenvalue weighted by molar-refractivity contribution is 5.68. The van der Waals surface area contributed by atoms with Crippen molar-refractivity contribution in [1.29, 1.82) is 0 Å². The third kappa shape index (κ3) is 3.60. The zero-order valence-electron chi connectivity index (χ0n) is 12.6. The lowest BCUT2D eigenvalue weighted by Crippen LogP contribution is -2.24. The summed E-state index contributed by atoms with van der Waals surface area (Å²) >= 11 is 0. The van der Waals surface area contributed by atoms with Gasteiger partial charge in [-0.3, -0.25) is 4.79 Å². The second-order valence-electron chi connectivity index (χ2n) is 6.48. The van der Waals surface area contributed by atoms with Crippen molar-refractivity contribution in [3.63, 3.8) is 0 Å². The number of methoxy groups -OCH3 is 1. The lowest BCUT2D eigenvalue weighted by Gasteiger charge is -2.26. The summed E-state index contributed by atoms with van der Waals surface area (Å²) in [6.07, 6.45) is 2.55. The van der Waals surface area contributed by atoms with E-state index in [2.05, 4.69) is 32.0 Å². The van der Waals surface area contributed by atoms with Gasteiger partial charge in [-0.1, -0.05) is 38.1 Å². The molecule has 1 N–H and O–H groups in total. The summed E-state index contributed by atoms with van der Waals surface area (Å²) in [4.78, 5) is 11.1. The van der Waals surface area contributed by atoms with Crippen molar-refractivity contribution in [2.45, 2.75) is 44.4 Å². The standard InChI is InChI=1S/C17H24O3/c1-17(2,11-20-3)14-6-4-5-13(9-14)15(10-16(18)19)12-7-8-12/h4-6,9,12,15H,7-8,10-11H2,1-3H3,(H,18,19). The van der Waals surface area contributed by atoms with Crippen molar-refractivity contribution in [3.8, 4) is 0 Å². The van der Waals surface area contributed by atoms with Gasteiger partial charge in [0.25, 0.3) is 0 Å². The number of rotatable bonds is 7. The molecule has 3 heteroatoms. The Morgan fingerprint density at radius 3 is 2.70 bits per heavy atom. The lowest BCUT2D eigenvalue weighted by atomic mass is 9.82. The van der Waals surface area contributed by atoms with Crippen LogP contribution in [0.15, 0.2) is 24.3 Å². The highest BCUT2D eigenvalue weighted by Gasteiger charge is 2.34. The highest BCUT2D eigenvalue weighted by Crippen LogP contribution is 2.45. The monoisotopic (exact) mass is 276 g/mol. The average Bonchev–Trinajstić information content (AvgIpc) is 3.20. The van der Waals surface area contributed by atoms with Crippen LogP contribution in [0.2, 0.25) is 0 Å². The van der Waals surface area contributed by atoms with Crippen LogP contribution >= 0.6 is 0 Å². The van der Waals surface area contributed by atoms with E-state index in [-0.39, 0.29) is 17.8 Å². The first-order valence-corrected chi connectivity index (χ1v) is 7.25. The average molecular weight is 276 g/mol. The minimum Gasteiger partial charge on any atom is -0.481 e. The van der Waals surface area contributed by atoms with Crippen LogP contribution in [-0.2, 0) is 14.9 Å². The van der Waals surface area contributed by atoms with Crippen molar-refractivity contribution in [1.82, 2.24) is 0 Å². The van der Waals surface area contributed by atoms with E-state index in [1.165, 1.54) is 5.56 Å². The number of carboxylic acids is 1. The lowest BCUT2D eigenvalue weighted by molar-refractivity contribution is -0.137. The molecule has 1 fully saturated rings. The normalized spacial score (nSPS) is 16.9. The van der Waals surface area contributed by atoms with E-state index >= 15 is 0 Å². The Morgan fingerprint density at radius 1 is 1.45 bits per heavy atom. The molecule has 0 amide bonds. The first-order chi connectivity index (χ1) is 9.44. The molecule has 1 aromatic rings. The van der Waals surface area contributed by atoms with Crippen molar-refractivity contribution in [2.24, 2.45) is 5.92 Å². The molecule has 0 saturated heterocycles. The van der Waals surface area contributed by atoms with Crippen LogP contribution in [0.25, 0.3) is 0 Å². The third-order valence-electron chi connectivity index (χ3n) is 4.19. The molecule has 0 aromatic heterocycles. The maximum absolute atomic E-state index is 11.1. The van der Waals surface area contributed by atoms with Gasteiger partial charge in [-0.2, -0.15) is 0 Å². The number of benzene rings is 1. The molecule has 1 unspecified atom stereocenters. The van der Waals surface area contributed by atoms with Gasteiger partial charge in [0.05, 0.1) is 13.0 Å². The Kier molecular flexibility index (Phi) is 4.48. The predicted molar refractivity (Wildman–Crippen MR) is 79.1 cm³/mol. The molecule has 20 heavy (non-hydrogen) atoms. The Hall–Kier alpha value is -1.35. The van der Waals surface area contributed by atoms with E-state index in [4.69, 9.17) is 9.84 Å². The summed E-state index contributed by atoms with van der Waals surface area (Å²) in [6, 6.07) is 8.38. The molecule has 110 valence electrons. The molecule has 0 radical (unpaired) electrons. The maximum atomic E-state index is 11.1. The minimum atomic E-state index is -0.705. The van der Waals surface area contributed by atoms with Gasteiger partial charge >= 0.3 is 5.97 Å². The molecular weight excluding hydrogens is 252 g/mol. The van der Waals surface area contributed by atoms with Crippen molar-refractivity contribution < 1.29 is 14.6 Å². The molecule has 1 aromatic carbocycles. The van der Waals surface area contributed by atoms with Crippen molar-refractivity contribution in [3.05, 3.63) is 35.4 Å². The molecule has 0 bridgehead atoms. The molecule has 1 saturated carbocycles. The van der Waals surface area contributed by atoms with Crippen LogP contribution in [0.4, 0.5) is 0 Å². The van der Waals surface area contributed by atoms with Gasteiger partial charge in [-0.25, -0.2) is 0 Å². The second-order valence-corrected chi connectivity index (χ2v) is 6.48. The maximum Gasteiger partial charge on any atom is 0.303 e. The third-order valence-corrected chi connectivity index (χ3v) is 4.19. The first kappa shape index (κ1) is 15.0. The largest absolute Gasteiger partial charge is 0.481 e. The van der Waals surface area contributed by atoms with E-state index in [0.29, 0.717) is 12.5 Å². The van der Waals surface area contributed by atoms with Crippen molar-refractivity contribution in [2.75, 3.05) is 13.7 Å². The summed E-state index contributed by atoms with van der Waals surface area (Å²) in [6.45, 7) is 4.96. The molecule has 1 atom stereocenters. The fourth-order valence-electron chi connectivity index (χ4n) is 2.88. The van der Waals surface area contributed by atoms with Gasteiger partial charge in [-0.15, -0.1) is 0 Å². The quantitative estimate of drug-likeness (QED) is 0.828. The molecule has 2 rings (SSSR count). The summed E-state index contributed by atoms with van der Waals surface area (Å²) in [7, 11) is 1.71. The highest BCUT2D eigenvalue weighted by atomic mass is 16.5. The van der Waals surface area contributed by atoms with Crippen LogP contribution < -0.4 is 0 Å². The summed E-state index contributed by atoms with van der Waals surface area (Å²) in [5, 5.41) is 9.12. The molecular formula is C17H24O3. The van der Waals surface area contributed by atoms with Crippen LogP contribution in [-0.4, -0.2) is 24.8 Å². The van der Waals surface area contributed by atoms with Crippen LogP contribution in [0, 0.1) is 5.92 Å². The SMILES string of the molecule is COCC(C)(C)c1cccc(C(CC(=O)O)C2CC2)c1. The number of hydrogen-bond acceptors (Lipinski definition) is 2. The second kappa shape index (κ2) is 5.96. The fourth-order valence-corrected chi connectivity index (χ4v) is 2.88. The Balaban J connectivity index is 2.25. The Morgan fingerprint density at radius 2 is 2.15 bits per heavy atom. The van der Waals surface area contributed by atoms with Gasteiger partial charge in [0.15, 0.2) is 0 Å². The number of carbonyl (C=O) groups is 1. The molecule has 0 spiro atoms. The number of hydrogen-bond donors (Lipinski definition) is 1. The molecule has 3 nitrogen and oxygen atoms in total. The van der Waals surface area contributed by atoms with E-state index in [1.807, 2.05) is 6.07 Å². The number of carboxylic acid groups (broad SMARTS) is 1. The summed E-state index contributed by atoms with van der Waals surface area (Å²) in [5.74, 6) is 0.00105. The minimum absolute atomic E-state index is 0.0535. The topological polar surface area (TPSA) is 46.5 Å². The zero-order chi connectivity index (χ0) is 14.8. The first-order valence-electron chi connectivity index (χ1n) is 7.25. The van der Waals surface area contributed by atoms with Gasteiger partial charge in [0, 0.05) is 12.5 Å². The Labute approximate surface area is 121 Å². The van der Waals surface area contributed by atoms with Crippen LogP contribution in [0.1, 0.15) is 50.2 Å². The van der Waals surface area contributed by atoms with Gasteiger partial charge in [0.1, 0.15) is 0 Å². The van der Waals surface area contributed by atoms with E-state index in [9.17, 15) is 4.79 Å². The molecule has 1 aliphatic carbocycles. The van der Waals surface area contributed by atoms with E-state index in [1.54, 1.807) is 7.11 Å². The van der Waals surface area contributed by atoms with Crippen molar-refractivity contribution >= 4 is 5.97 Å². The van der Waals surface area contributed by atoms with Gasteiger partial charge in [-0.05, 0) is 35.8 Å². The number of ether oxygens (including phenoxy) is 1. The number of aliphatic carboxylic acids is 1. The zero-order valence-corrected chi connectivity index (χ0v) is 12.6. The van der Waals surface area contributed by atoms with Gasteiger partial charge in [0.2, 0.25) is 0 Å². The Bertz CT molecular complexity index is 475. The van der Waals surface area contributed by atoms with Gasteiger partial charge < -0.3 is 9.84 Å². The molecule has 1 aliphatic rings. The predicted octanol–water partition coefficient (Wildman–Crippen LogP) is 3.58. The van der Waals surface area contributed by atoms with E-state index < -0.39 is 5.97 Å². The van der Waals surface area contributed by atoms with E-state index in [0.717, 1.165) is 18.4 Å².